The van der Waals surface area contributed by atoms with Gasteiger partial charge in [0.2, 0.25) is 5.43 Å². The van der Waals surface area contributed by atoms with E-state index in [2.05, 4.69) is 4.98 Å². The Morgan fingerprint density at radius 3 is 2.88 bits per heavy atom. The smallest absolute Gasteiger partial charge is 0.223 e. The maximum absolute atomic E-state index is 11.2. The van der Waals surface area contributed by atoms with Gasteiger partial charge in [0.05, 0.1) is 17.9 Å². The minimum Gasteiger partial charge on any atom is -0.503 e. The van der Waals surface area contributed by atoms with Crippen molar-refractivity contribution in [3.05, 3.63) is 58.3 Å². The normalized spacial score (nSPS) is 10.3. The van der Waals surface area contributed by atoms with Crippen LogP contribution in [-0.4, -0.2) is 14.7 Å². The van der Waals surface area contributed by atoms with Crippen LogP contribution in [0.2, 0.25) is 0 Å². The molecule has 0 saturated heterocycles. The second-order valence-corrected chi connectivity index (χ2v) is 3.56. The summed E-state index contributed by atoms with van der Waals surface area (Å²) < 4.78 is 1.79. The Morgan fingerprint density at radius 1 is 1.38 bits per heavy atom. The van der Waals surface area contributed by atoms with E-state index in [-0.39, 0.29) is 11.2 Å². The highest BCUT2D eigenvalue weighted by molar-refractivity contribution is 5.25. The largest absolute Gasteiger partial charge is 0.503 e. The number of hydrogen-bond acceptors (Lipinski definition) is 3. The summed E-state index contributed by atoms with van der Waals surface area (Å²) in [6.07, 6.45) is 3.37. The molecule has 4 heteroatoms. The van der Waals surface area contributed by atoms with Crippen molar-refractivity contribution in [1.82, 2.24) is 9.55 Å². The molecule has 0 radical (unpaired) electrons. The van der Waals surface area contributed by atoms with E-state index in [4.69, 9.17) is 0 Å². The van der Waals surface area contributed by atoms with Gasteiger partial charge < -0.3 is 9.67 Å². The third-order valence-electron chi connectivity index (χ3n) is 2.47. The minimum absolute atomic E-state index is 0.196. The first-order chi connectivity index (χ1) is 7.68. The Balaban J connectivity index is 2.36. The van der Waals surface area contributed by atoms with Crippen LogP contribution in [-0.2, 0) is 6.54 Å². The van der Waals surface area contributed by atoms with E-state index >= 15 is 0 Å². The molecule has 0 aliphatic rings. The molecule has 0 aliphatic carbocycles. The van der Waals surface area contributed by atoms with Gasteiger partial charge in [-0.25, -0.2) is 0 Å². The zero-order chi connectivity index (χ0) is 11.5. The number of nitrogens with zero attached hydrogens (tertiary/aromatic N) is 2. The quantitative estimate of drug-likeness (QED) is 0.823. The van der Waals surface area contributed by atoms with Crippen molar-refractivity contribution in [2.75, 3.05) is 0 Å². The van der Waals surface area contributed by atoms with Crippen molar-refractivity contribution in [2.24, 2.45) is 0 Å². The molecule has 0 saturated carbocycles. The highest BCUT2D eigenvalue weighted by atomic mass is 16.3. The summed E-state index contributed by atoms with van der Waals surface area (Å²) in [6, 6.07) is 7.00. The van der Waals surface area contributed by atoms with E-state index < -0.39 is 0 Å². The molecular weight excluding hydrogens is 204 g/mol. The van der Waals surface area contributed by atoms with Crippen LogP contribution in [0.1, 0.15) is 11.4 Å². The van der Waals surface area contributed by atoms with E-state index in [1.54, 1.807) is 23.9 Å². The van der Waals surface area contributed by atoms with Gasteiger partial charge in [0.25, 0.3) is 0 Å². The van der Waals surface area contributed by atoms with Crippen LogP contribution in [0.15, 0.2) is 41.5 Å². The highest BCUT2D eigenvalue weighted by Crippen LogP contribution is 2.10. The van der Waals surface area contributed by atoms with E-state index in [1.165, 1.54) is 6.07 Å². The van der Waals surface area contributed by atoms with Crippen LogP contribution in [0.5, 0.6) is 5.75 Å². The van der Waals surface area contributed by atoms with Gasteiger partial charge in [0.1, 0.15) is 0 Å². The van der Waals surface area contributed by atoms with Gasteiger partial charge in [-0.3, -0.25) is 9.78 Å². The molecule has 16 heavy (non-hydrogen) atoms. The molecule has 0 fully saturated rings. The molecule has 4 nitrogen and oxygen atoms in total. The summed E-state index contributed by atoms with van der Waals surface area (Å²) in [7, 11) is 0. The van der Waals surface area contributed by atoms with Crippen LogP contribution in [0.4, 0.5) is 0 Å². The van der Waals surface area contributed by atoms with Gasteiger partial charge in [0.15, 0.2) is 5.75 Å². The van der Waals surface area contributed by atoms with Gasteiger partial charge >= 0.3 is 0 Å². The average Bonchev–Trinajstić information content (AvgIpc) is 2.31. The average molecular weight is 216 g/mol. The molecule has 2 heterocycles. The fraction of sp³-hybridized carbons (Fsp3) is 0.167. The van der Waals surface area contributed by atoms with Crippen LogP contribution in [0.3, 0.4) is 0 Å². The molecule has 2 aromatic rings. The second kappa shape index (κ2) is 4.18. The Bertz CT molecular complexity index is 547. The van der Waals surface area contributed by atoms with Crippen LogP contribution in [0.25, 0.3) is 0 Å². The summed E-state index contributed by atoms with van der Waals surface area (Å²) in [5, 5.41) is 9.51. The topological polar surface area (TPSA) is 55.1 Å². The van der Waals surface area contributed by atoms with Crippen LogP contribution in [0, 0.1) is 6.92 Å². The molecule has 2 rings (SSSR count). The Labute approximate surface area is 92.8 Å². The van der Waals surface area contributed by atoms with Gasteiger partial charge in [-0.2, -0.15) is 0 Å². The summed E-state index contributed by atoms with van der Waals surface area (Å²) >= 11 is 0. The zero-order valence-electron chi connectivity index (χ0n) is 8.92. The Hall–Kier alpha value is -2.10. The fourth-order valence-electron chi connectivity index (χ4n) is 1.50. The van der Waals surface area contributed by atoms with Crippen molar-refractivity contribution in [2.45, 2.75) is 13.5 Å². The lowest BCUT2D eigenvalue weighted by Crippen LogP contribution is -2.11. The van der Waals surface area contributed by atoms with Gasteiger partial charge in [-0.05, 0) is 19.1 Å². The second-order valence-electron chi connectivity index (χ2n) is 3.56. The first kappa shape index (κ1) is 10.4. The molecule has 82 valence electrons. The molecule has 0 atom stereocenters. The van der Waals surface area contributed by atoms with Crippen molar-refractivity contribution in [3.8, 4) is 5.75 Å². The summed E-state index contributed by atoms with van der Waals surface area (Å²) in [6.45, 7) is 2.25. The number of pyridine rings is 2. The molecular formula is C12H12N2O2. The Morgan fingerprint density at radius 2 is 2.19 bits per heavy atom. The monoisotopic (exact) mass is 216 g/mol. The van der Waals surface area contributed by atoms with E-state index in [0.29, 0.717) is 12.2 Å². The molecule has 1 N–H and O–H groups in total. The third kappa shape index (κ3) is 1.95. The molecule has 0 bridgehead atoms. The van der Waals surface area contributed by atoms with Gasteiger partial charge in [-0.15, -0.1) is 0 Å². The number of aromatic nitrogens is 2. The predicted molar refractivity (Wildman–Crippen MR) is 60.4 cm³/mol. The first-order valence-electron chi connectivity index (χ1n) is 4.97. The first-order valence-corrected chi connectivity index (χ1v) is 4.97. The van der Waals surface area contributed by atoms with Crippen molar-refractivity contribution < 1.29 is 5.11 Å². The van der Waals surface area contributed by atoms with Crippen molar-refractivity contribution in [1.29, 1.82) is 0 Å². The molecule has 0 aromatic carbocycles. The predicted octanol–water partition coefficient (Wildman–Crippen LogP) is 1.31. The fourth-order valence-corrected chi connectivity index (χ4v) is 1.50. The summed E-state index contributed by atoms with van der Waals surface area (Å²) in [5.74, 6) is -0.196. The lowest BCUT2D eigenvalue weighted by atomic mass is 10.3. The lowest BCUT2D eigenvalue weighted by Gasteiger charge is -2.10. The van der Waals surface area contributed by atoms with Crippen LogP contribution < -0.4 is 5.43 Å². The number of hydrogen-bond donors (Lipinski definition) is 1. The summed E-state index contributed by atoms with van der Waals surface area (Å²) in [5.41, 5.74) is 1.08. The van der Waals surface area contributed by atoms with Crippen molar-refractivity contribution >= 4 is 0 Å². The molecule has 0 aliphatic heterocycles. The van der Waals surface area contributed by atoms with E-state index in [1.807, 2.05) is 18.2 Å². The number of rotatable bonds is 2. The zero-order valence-corrected chi connectivity index (χ0v) is 8.92. The molecule has 2 aromatic heterocycles. The maximum Gasteiger partial charge on any atom is 0.223 e. The standard InChI is InChI=1S/C12H12N2O2/c1-9-12(16)11(15)5-7-14(9)8-10-4-2-3-6-13-10/h2-7,16H,8H2,1H3. The number of aromatic hydroxyl groups is 1. The third-order valence-corrected chi connectivity index (χ3v) is 2.47. The Kier molecular flexibility index (Phi) is 2.72. The molecule has 0 spiro atoms. The SMILES string of the molecule is Cc1c(O)c(=O)ccn1Cc1ccccn1. The maximum atomic E-state index is 11.2. The lowest BCUT2D eigenvalue weighted by molar-refractivity contribution is 0.455. The molecule has 0 unspecified atom stereocenters. The van der Waals surface area contributed by atoms with E-state index in [0.717, 1.165) is 5.69 Å². The highest BCUT2D eigenvalue weighted by Gasteiger charge is 2.05. The van der Waals surface area contributed by atoms with Gasteiger partial charge in [0, 0.05) is 18.5 Å². The van der Waals surface area contributed by atoms with Crippen molar-refractivity contribution in [3.63, 3.8) is 0 Å². The minimum atomic E-state index is -0.352. The van der Waals surface area contributed by atoms with Gasteiger partial charge in [-0.1, -0.05) is 6.07 Å². The van der Waals surface area contributed by atoms with E-state index in [9.17, 15) is 9.90 Å². The molecule has 0 amide bonds. The van der Waals surface area contributed by atoms with Crippen LogP contribution >= 0.6 is 0 Å². The summed E-state index contributed by atoms with van der Waals surface area (Å²) in [4.78, 5) is 15.4.